The van der Waals surface area contributed by atoms with Gasteiger partial charge in [-0.05, 0) is 24.9 Å². The largest absolute Gasteiger partial charge is 0.359 e. The predicted molar refractivity (Wildman–Crippen MR) is 72.5 cm³/mol. The van der Waals surface area contributed by atoms with Gasteiger partial charge in [-0.3, -0.25) is 15.1 Å². The monoisotopic (exact) mass is 280 g/mol. The molecule has 0 fully saturated rings. The number of nitrogens with zero attached hydrogens (tertiary/aromatic N) is 2. The van der Waals surface area contributed by atoms with E-state index in [9.17, 15) is 4.79 Å². The summed E-state index contributed by atoms with van der Waals surface area (Å²) in [4.78, 5) is 14.7. The predicted octanol–water partition coefficient (Wildman–Crippen LogP) is 1.01. The van der Waals surface area contributed by atoms with Crippen molar-refractivity contribution < 1.29 is 9.32 Å². The molecule has 0 aliphatic heterocycles. The Kier molecular flexibility index (Phi) is 4.67. The summed E-state index contributed by atoms with van der Waals surface area (Å²) in [7, 11) is 2.00. The number of hydrogen-bond donors (Lipinski definition) is 2. The molecule has 6 nitrogen and oxygen atoms in total. The number of likely N-dealkylation sites (N-methyl/N-ethyl adjacent to an activating group) is 1. The van der Waals surface area contributed by atoms with E-state index < -0.39 is 5.91 Å². The Morgan fingerprint density at radius 1 is 1.63 bits per heavy atom. The van der Waals surface area contributed by atoms with Gasteiger partial charge in [0, 0.05) is 17.5 Å². The van der Waals surface area contributed by atoms with Gasteiger partial charge in [0.05, 0.1) is 6.54 Å². The minimum absolute atomic E-state index is 0.198. The standard InChI is InChI=1S/C12H16N4O2S/c1-16(5-4-10-3-2-6-19-10)8-9-7-11(15-18-9)12(17)14-13/h2-3,6-7H,4-5,8,13H2,1H3,(H,14,17). The molecule has 2 aromatic heterocycles. The molecule has 0 radical (unpaired) electrons. The first-order chi connectivity index (χ1) is 9.19. The van der Waals surface area contributed by atoms with E-state index in [1.54, 1.807) is 17.4 Å². The molecule has 0 spiro atoms. The zero-order valence-corrected chi connectivity index (χ0v) is 11.4. The Bertz CT molecular complexity index is 524. The third kappa shape index (κ3) is 3.88. The molecular formula is C12H16N4O2S. The molecule has 0 saturated carbocycles. The third-order valence-corrected chi connectivity index (χ3v) is 3.60. The van der Waals surface area contributed by atoms with Crippen LogP contribution in [0.2, 0.25) is 0 Å². The average Bonchev–Trinajstić information content (AvgIpc) is 3.06. The fraction of sp³-hybridized carbons (Fsp3) is 0.333. The highest BCUT2D eigenvalue weighted by Crippen LogP contribution is 2.11. The smallest absolute Gasteiger partial charge is 0.287 e. The van der Waals surface area contributed by atoms with Gasteiger partial charge in [0.15, 0.2) is 11.5 Å². The Morgan fingerprint density at radius 2 is 2.47 bits per heavy atom. The van der Waals surface area contributed by atoms with Crippen molar-refractivity contribution in [3.63, 3.8) is 0 Å². The van der Waals surface area contributed by atoms with Crippen LogP contribution in [0.15, 0.2) is 28.1 Å². The molecule has 0 aliphatic carbocycles. The number of nitrogens with two attached hydrogens (primary N) is 1. The van der Waals surface area contributed by atoms with Crippen molar-refractivity contribution in [3.8, 4) is 0 Å². The van der Waals surface area contributed by atoms with E-state index in [4.69, 9.17) is 10.4 Å². The summed E-state index contributed by atoms with van der Waals surface area (Å²) in [6.07, 6.45) is 0.998. The van der Waals surface area contributed by atoms with E-state index in [2.05, 4.69) is 21.5 Å². The van der Waals surface area contributed by atoms with Gasteiger partial charge < -0.3 is 4.52 Å². The second kappa shape index (κ2) is 6.46. The number of aromatic nitrogens is 1. The minimum atomic E-state index is -0.448. The molecule has 0 unspecified atom stereocenters. The molecule has 0 bridgehead atoms. The molecule has 2 aromatic rings. The Morgan fingerprint density at radius 3 is 3.16 bits per heavy atom. The van der Waals surface area contributed by atoms with Crippen molar-refractivity contribution in [2.45, 2.75) is 13.0 Å². The Balaban J connectivity index is 1.83. The fourth-order valence-electron chi connectivity index (χ4n) is 1.67. The number of rotatable bonds is 6. The van der Waals surface area contributed by atoms with Crippen LogP contribution in [0.4, 0.5) is 0 Å². The number of nitrogen functional groups attached to an aromatic ring is 1. The van der Waals surface area contributed by atoms with Crippen LogP contribution in [-0.2, 0) is 13.0 Å². The zero-order valence-electron chi connectivity index (χ0n) is 10.6. The molecular weight excluding hydrogens is 264 g/mol. The van der Waals surface area contributed by atoms with Crippen LogP contribution in [0.5, 0.6) is 0 Å². The maximum Gasteiger partial charge on any atom is 0.287 e. The molecule has 1 amide bonds. The number of hydrazine groups is 1. The molecule has 2 rings (SSSR count). The first-order valence-electron chi connectivity index (χ1n) is 5.86. The van der Waals surface area contributed by atoms with Crippen molar-refractivity contribution >= 4 is 17.2 Å². The maximum atomic E-state index is 11.2. The van der Waals surface area contributed by atoms with Crippen LogP contribution < -0.4 is 11.3 Å². The fourth-order valence-corrected chi connectivity index (χ4v) is 2.37. The second-order valence-corrected chi connectivity index (χ2v) is 5.25. The van der Waals surface area contributed by atoms with E-state index in [1.165, 1.54) is 4.88 Å². The van der Waals surface area contributed by atoms with Crippen molar-refractivity contribution in [2.24, 2.45) is 5.84 Å². The summed E-state index contributed by atoms with van der Waals surface area (Å²) < 4.78 is 5.09. The van der Waals surface area contributed by atoms with Gasteiger partial charge >= 0.3 is 0 Å². The lowest BCUT2D eigenvalue weighted by Crippen LogP contribution is -2.30. The van der Waals surface area contributed by atoms with Gasteiger partial charge in [-0.1, -0.05) is 11.2 Å². The van der Waals surface area contributed by atoms with E-state index >= 15 is 0 Å². The molecule has 7 heteroatoms. The van der Waals surface area contributed by atoms with E-state index in [0.717, 1.165) is 13.0 Å². The summed E-state index contributed by atoms with van der Waals surface area (Å²) in [5, 5.41) is 5.73. The van der Waals surface area contributed by atoms with Gasteiger partial charge in [-0.25, -0.2) is 5.84 Å². The van der Waals surface area contributed by atoms with Crippen molar-refractivity contribution in [1.29, 1.82) is 0 Å². The molecule has 0 aromatic carbocycles. The lowest BCUT2D eigenvalue weighted by Gasteiger charge is -2.13. The van der Waals surface area contributed by atoms with Crippen LogP contribution in [0.1, 0.15) is 21.1 Å². The molecule has 102 valence electrons. The lowest BCUT2D eigenvalue weighted by atomic mass is 10.3. The summed E-state index contributed by atoms with van der Waals surface area (Å²) in [6, 6.07) is 5.77. The van der Waals surface area contributed by atoms with Crippen molar-refractivity contribution in [3.05, 3.63) is 39.9 Å². The molecule has 19 heavy (non-hydrogen) atoms. The Hall–Kier alpha value is -1.70. The summed E-state index contributed by atoms with van der Waals surface area (Å²) in [5.74, 6) is 5.22. The number of carbonyl (C=O) groups is 1. The summed E-state index contributed by atoms with van der Waals surface area (Å²) >= 11 is 1.75. The number of nitrogens with one attached hydrogen (secondary N) is 1. The van der Waals surface area contributed by atoms with E-state index in [1.807, 2.05) is 18.5 Å². The topological polar surface area (TPSA) is 84.4 Å². The van der Waals surface area contributed by atoms with Crippen LogP contribution in [-0.4, -0.2) is 29.6 Å². The molecule has 2 heterocycles. The van der Waals surface area contributed by atoms with Gasteiger partial charge in [-0.2, -0.15) is 0 Å². The third-order valence-electron chi connectivity index (χ3n) is 2.67. The van der Waals surface area contributed by atoms with Crippen LogP contribution in [0, 0.1) is 0 Å². The zero-order chi connectivity index (χ0) is 13.7. The molecule has 0 atom stereocenters. The normalized spacial score (nSPS) is 10.9. The van der Waals surface area contributed by atoms with Gasteiger partial charge in [-0.15, -0.1) is 11.3 Å². The van der Waals surface area contributed by atoms with Gasteiger partial charge in [0.2, 0.25) is 0 Å². The first-order valence-corrected chi connectivity index (χ1v) is 6.74. The first kappa shape index (κ1) is 13.7. The molecule has 3 N–H and O–H groups in total. The Labute approximate surface area is 115 Å². The van der Waals surface area contributed by atoms with Crippen molar-refractivity contribution in [1.82, 2.24) is 15.5 Å². The SMILES string of the molecule is CN(CCc1cccs1)Cc1cc(C(=O)NN)no1. The number of amides is 1. The lowest BCUT2D eigenvalue weighted by molar-refractivity contribution is 0.0944. The minimum Gasteiger partial charge on any atom is -0.359 e. The highest BCUT2D eigenvalue weighted by Gasteiger charge is 2.12. The van der Waals surface area contributed by atoms with Crippen LogP contribution in [0.3, 0.4) is 0 Å². The molecule has 0 saturated heterocycles. The summed E-state index contributed by atoms with van der Waals surface area (Å²) in [5.41, 5.74) is 2.22. The maximum absolute atomic E-state index is 11.2. The second-order valence-electron chi connectivity index (χ2n) is 4.22. The quantitative estimate of drug-likeness (QED) is 0.469. The number of carbonyl (C=O) groups excluding carboxylic acids is 1. The van der Waals surface area contributed by atoms with Crippen LogP contribution in [0.25, 0.3) is 0 Å². The number of thiophene rings is 1. The van der Waals surface area contributed by atoms with Crippen LogP contribution >= 0.6 is 11.3 Å². The van der Waals surface area contributed by atoms with E-state index in [-0.39, 0.29) is 5.69 Å². The van der Waals surface area contributed by atoms with E-state index in [0.29, 0.717) is 12.3 Å². The van der Waals surface area contributed by atoms with Crippen molar-refractivity contribution in [2.75, 3.05) is 13.6 Å². The van der Waals surface area contributed by atoms with Gasteiger partial charge in [0.1, 0.15) is 0 Å². The summed E-state index contributed by atoms with van der Waals surface area (Å²) in [6.45, 7) is 1.52. The molecule has 0 aliphatic rings. The highest BCUT2D eigenvalue weighted by atomic mass is 32.1. The van der Waals surface area contributed by atoms with Gasteiger partial charge in [0.25, 0.3) is 5.91 Å². The highest BCUT2D eigenvalue weighted by molar-refractivity contribution is 7.09. The number of hydrogen-bond acceptors (Lipinski definition) is 6. The average molecular weight is 280 g/mol.